The van der Waals surface area contributed by atoms with Crippen molar-refractivity contribution in [2.24, 2.45) is 0 Å². The standard InChI is InChI=1S/C15H17NO8S/c1-6(18)16-11-13(20)12(19)9(5-17)23-14(11)22-7-2-3-8-10(4-7)25-15(21)24-8/h2-4,9,11-14,17,19-20H,5H2,1H3,(H,16,18)/t9-,11-,12+,13-,14-/m0/s1. The normalized spacial score (nSPS) is 29.5. The van der Waals surface area contributed by atoms with Crippen LogP contribution in [0.25, 0.3) is 10.3 Å². The highest BCUT2D eigenvalue weighted by atomic mass is 32.1. The molecule has 9 nitrogen and oxygen atoms in total. The first-order valence-corrected chi connectivity index (χ1v) is 8.30. The van der Waals surface area contributed by atoms with E-state index < -0.39 is 48.1 Å². The van der Waals surface area contributed by atoms with Gasteiger partial charge in [-0.05, 0) is 12.1 Å². The number of carbonyl (C=O) groups excluding carboxylic acids is 1. The zero-order chi connectivity index (χ0) is 18.1. The minimum Gasteiger partial charge on any atom is -0.463 e. The van der Waals surface area contributed by atoms with E-state index in [9.17, 15) is 24.9 Å². The molecule has 3 rings (SSSR count). The Morgan fingerprint density at radius 1 is 1.36 bits per heavy atom. The van der Waals surface area contributed by atoms with Gasteiger partial charge in [0, 0.05) is 13.0 Å². The molecule has 1 amide bonds. The van der Waals surface area contributed by atoms with E-state index in [1.165, 1.54) is 13.0 Å². The summed E-state index contributed by atoms with van der Waals surface area (Å²) >= 11 is 0.904. The smallest absolute Gasteiger partial charge is 0.396 e. The van der Waals surface area contributed by atoms with Crippen LogP contribution in [0.1, 0.15) is 6.92 Å². The minimum atomic E-state index is -1.39. The molecule has 2 aromatic rings. The van der Waals surface area contributed by atoms with E-state index in [4.69, 9.17) is 13.9 Å². The maximum absolute atomic E-state index is 11.4. The summed E-state index contributed by atoms with van der Waals surface area (Å²) in [4.78, 5) is 22.2. The number of ether oxygens (including phenoxy) is 2. The molecule has 0 bridgehead atoms. The molecule has 1 aliphatic heterocycles. The Balaban J connectivity index is 1.86. The third-order valence-corrected chi connectivity index (χ3v) is 4.59. The Kier molecular flexibility index (Phi) is 5.06. The summed E-state index contributed by atoms with van der Waals surface area (Å²) in [5.74, 6) is -0.135. The predicted octanol–water partition coefficient (Wildman–Crippen LogP) is -0.823. The van der Waals surface area contributed by atoms with Gasteiger partial charge in [0.1, 0.15) is 35.7 Å². The van der Waals surface area contributed by atoms with Gasteiger partial charge in [0.25, 0.3) is 0 Å². The van der Waals surface area contributed by atoms with Crippen LogP contribution in [0.5, 0.6) is 5.75 Å². The summed E-state index contributed by atoms with van der Waals surface area (Å²) in [6.45, 7) is 0.719. The Morgan fingerprint density at radius 2 is 2.12 bits per heavy atom. The number of rotatable bonds is 4. The molecular weight excluding hydrogens is 354 g/mol. The summed E-state index contributed by atoms with van der Waals surface area (Å²) in [7, 11) is 0. The number of fused-ring (bicyclic) bond motifs is 1. The Labute approximate surface area is 145 Å². The van der Waals surface area contributed by atoms with Gasteiger partial charge in [0.2, 0.25) is 12.2 Å². The zero-order valence-corrected chi connectivity index (χ0v) is 13.9. The highest BCUT2D eigenvalue weighted by molar-refractivity contribution is 7.16. The van der Waals surface area contributed by atoms with Gasteiger partial charge in [-0.25, -0.2) is 4.79 Å². The third-order valence-electron chi connectivity index (χ3n) is 3.80. The molecule has 0 radical (unpaired) electrons. The van der Waals surface area contributed by atoms with Crippen LogP contribution in [0.4, 0.5) is 0 Å². The molecule has 1 fully saturated rings. The predicted molar refractivity (Wildman–Crippen MR) is 86.4 cm³/mol. The molecule has 0 saturated carbocycles. The van der Waals surface area contributed by atoms with Crippen LogP contribution in [-0.2, 0) is 9.53 Å². The first-order chi connectivity index (χ1) is 11.9. The summed E-state index contributed by atoms with van der Waals surface area (Å²) < 4.78 is 16.7. The second-order valence-electron chi connectivity index (χ2n) is 5.61. The van der Waals surface area contributed by atoms with E-state index >= 15 is 0 Å². The van der Waals surface area contributed by atoms with Crippen LogP contribution in [0, 0.1) is 0 Å². The Hall–Kier alpha value is -1.98. The molecule has 25 heavy (non-hydrogen) atoms. The number of nitrogens with one attached hydrogen (secondary N) is 1. The van der Waals surface area contributed by atoms with Crippen molar-refractivity contribution >= 4 is 27.5 Å². The number of aliphatic hydroxyl groups is 3. The fourth-order valence-electron chi connectivity index (χ4n) is 2.63. The molecule has 0 aliphatic carbocycles. The van der Waals surface area contributed by atoms with Crippen molar-refractivity contribution in [2.75, 3.05) is 6.61 Å². The lowest BCUT2D eigenvalue weighted by molar-refractivity contribution is -0.244. The van der Waals surface area contributed by atoms with Crippen LogP contribution < -0.4 is 15.0 Å². The fraction of sp³-hybridized carbons (Fsp3) is 0.467. The van der Waals surface area contributed by atoms with Crippen molar-refractivity contribution in [2.45, 2.75) is 37.6 Å². The van der Waals surface area contributed by atoms with E-state index in [-0.39, 0.29) is 0 Å². The van der Waals surface area contributed by atoms with Gasteiger partial charge in [-0.2, -0.15) is 0 Å². The van der Waals surface area contributed by atoms with Gasteiger partial charge < -0.3 is 34.5 Å². The zero-order valence-electron chi connectivity index (χ0n) is 13.1. The van der Waals surface area contributed by atoms with Crippen molar-refractivity contribution in [1.82, 2.24) is 5.32 Å². The lowest BCUT2D eigenvalue weighted by Gasteiger charge is -2.42. The highest BCUT2D eigenvalue weighted by Crippen LogP contribution is 2.27. The minimum absolute atomic E-state index is 0.310. The number of benzene rings is 1. The number of aliphatic hydroxyl groups excluding tert-OH is 3. The molecule has 5 atom stereocenters. The molecule has 136 valence electrons. The van der Waals surface area contributed by atoms with Gasteiger partial charge in [0.05, 0.1) is 11.3 Å². The summed E-state index contributed by atoms with van der Waals surface area (Å²) in [6.07, 6.45) is -5.00. The summed E-state index contributed by atoms with van der Waals surface area (Å²) in [5.41, 5.74) is 0.411. The summed E-state index contributed by atoms with van der Waals surface area (Å²) in [5, 5.41) is 31.9. The van der Waals surface area contributed by atoms with Crippen molar-refractivity contribution in [3.8, 4) is 5.75 Å². The topological polar surface area (TPSA) is 138 Å². The largest absolute Gasteiger partial charge is 0.463 e. The second-order valence-corrected chi connectivity index (χ2v) is 6.59. The van der Waals surface area contributed by atoms with E-state index in [1.807, 2.05) is 0 Å². The quantitative estimate of drug-likeness (QED) is 0.547. The fourth-order valence-corrected chi connectivity index (χ4v) is 3.33. The van der Waals surface area contributed by atoms with E-state index in [1.54, 1.807) is 12.1 Å². The lowest BCUT2D eigenvalue weighted by atomic mass is 9.97. The van der Waals surface area contributed by atoms with Crippen LogP contribution in [-0.4, -0.2) is 58.5 Å². The molecule has 4 N–H and O–H groups in total. The maximum atomic E-state index is 11.4. The van der Waals surface area contributed by atoms with E-state index in [0.29, 0.717) is 16.0 Å². The Bertz CT molecular complexity index is 817. The highest BCUT2D eigenvalue weighted by Gasteiger charge is 2.46. The average Bonchev–Trinajstić information content (AvgIpc) is 2.93. The Morgan fingerprint density at radius 3 is 2.80 bits per heavy atom. The van der Waals surface area contributed by atoms with Crippen LogP contribution in [0.15, 0.2) is 27.4 Å². The van der Waals surface area contributed by atoms with Gasteiger partial charge in [-0.15, -0.1) is 0 Å². The van der Waals surface area contributed by atoms with Crippen molar-refractivity contribution in [3.63, 3.8) is 0 Å². The first kappa shape index (κ1) is 17.8. The van der Waals surface area contributed by atoms with Crippen molar-refractivity contribution in [1.29, 1.82) is 0 Å². The van der Waals surface area contributed by atoms with E-state index in [2.05, 4.69) is 5.32 Å². The molecule has 1 saturated heterocycles. The molecular formula is C15H17NO8S. The molecule has 1 aromatic heterocycles. The third kappa shape index (κ3) is 3.67. The number of amides is 1. The lowest BCUT2D eigenvalue weighted by Crippen LogP contribution is -2.65. The van der Waals surface area contributed by atoms with Crippen LogP contribution in [0.2, 0.25) is 0 Å². The van der Waals surface area contributed by atoms with Gasteiger partial charge >= 0.3 is 4.94 Å². The molecule has 10 heteroatoms. The van der Waals surface area contributed by atoms with Gasteiger partial charge in [0.15, 0.2) is 0 Å². The number of carbonyl (C=O) groups is 1. The molecule has 0 spiro atoms. The average molecular weight is 371 g/mol. The first-order valence-electron chi connectivity index (χ1n) is 7.49. The van der Waals surface area contributed by atoms with E-state index in [0.717, 1.165) is 11.3 Å². The maximum Gasteiger partial charge on any atom is 0.396 e. The van der Waals surface area contributed by atoms with Crippen molar-refractivity contribution < 1.29 is 34.0 Å². The monoisotopic (exact) mass is 371 g/mol. The van der Waals surface area contributed by atoms with Crippen molar-refractivity contribution in [3.05, 3.63) is 27.9 Å². The number of hydrogen-bond acceptors (Lipinski definition) is 9. The number of hydrogen-bond donors (Lipinski definition) is 4. The second kappa shape index (κ2) is 7.10. The molecule has 2 heterocycles. The van der Waals surface area contributed by atoms with Gasteiger partial charge in [-0.3, -0.25) is 4.79 Å². The molecule has 1 aliphatic rings. The van der Waals surface area contributed by atoms with Crippen LogP contribution >= 0.6 is 11.3 Å². The molecule has 0 unspecified atom stereocenters. The van der Waals surface area contributed by atoms with Crippen LogP contribution in [0.3, 0.4) is 0 Å². The molecule has 1 aromatic carbocycles. The van der Waals surface area contributed by atoms with Gasteiger partial charge in [-0.1, -0.05) is 11.3 Å². The SMILES string of the molecule is CC(=O)N[C@@H]1[C@@H](Oc2ccc3oc(=O)sc3c2)O[C@@H](CO)[C@@H](O)[C@H]1O. The summed E-state index contributed by atoms with van der Waals surface area (Å²) in [6, 6.07) is 3.60.